The van der Waals surface area contributed by atoms with Gasteiger partial charge < -0.3 is 24.8 Å². The van der Waals surface area contributed by atoms with Gasteiger partial charge in [-0.2, -0.15) is 0 Å². The van der Waals surface area contributed by atoms with Crippen molar-refractivity contribution in [2.75, 3.05) is 33.4 Å². The molecule has 22 heavy (non-hydrogen) atoms. The fourth-order valence-electron chi connectivity index (χ4n) is 2.96. The number of hydrogen-bond acceptors (Lipinski definition) is 5. The van der Waals surface area contributed by atoms with Crippen molar-refractivity contribution in [1.29, 1.82) is 0 Å². The summed E-state index contributed by atoms with van der Waals surface area (Å²) < 4.78 is 16.5. The Hall–Kier alpha value is -1.79. The van der Waals surface area contributed by atoms with Crippen molar-refractivity contribution in [2.45, 2.75) is 25.5 Å². The van der Waals surface area contributed by atoms with Crippen LogP contribution in [0.3, 0.4) is 0 Å². The predicted molar refractivity (Wildman–Crippen MR) is 81.5 cm³/mol. The minimum Gasteiger partial charge on any atom is -0.486 e. The van der Waals surface area contributed by atoms with Crippen LogP contribution in [0.5, 0.6) is 11.5 Å². The van der Waals surface area contributed by atoms with E-state index in [0.717, 1.165) is 12.0 Å². The van der Waals surface area contributed by atoms with Crippen molar-refractivity contribution in [1.82, 2.24) is 4.90 Å². The number of hydrogen-bond donors (Lipinski definition) is 1. The first-order chi connectivity index (χ1) is 10.6. The third-order valence-corrected chi connectivity index (χ3v) is 4.32. The van der Waals surface area contributed by atoms with Crippen LogP contribution in [0, 0.1) is 6.92 Å². The number of methoxy groups -OCH3 is 1. The summed E-state index contributed by atoms with van der Waals surface area (Å²) in [4.78, 5) is 14.6. The van der Waals surface area contributed by atoms with Gasteiger partial charge in [0.25, 0.3) is 5.91 Å². The van der Waals surface area contributed by atoms with Crippen molar-refractivity contribution in [3.05, 3.63) is 23.3 Å². The summed E-state index contributed by atoms with van der Waals surface area (Å²) in [7, 11) is 1.63. The summed E-state index contributed by atoms with van der Waals surface area (Å²) >= 11 is 0. The van der Waals surface area contributed by atoms with Gasteiger partial charge in [-0.05, 0) is 31.0 Å². The van der Waals surface area contributed by atoms with Crippen LogP contribution in [0.2, 0.25) is 0 Å². The second-order valence-corrected chi connectivity index (χ2v) is 5.79. The Bertz CT molecular complexity index is 576. The highest BCUT2D eigenvalue weighted by Crippen LogP contribution is 2.33. The Labute approximate surface area is 130 Å². The molecule has 0 saturated carbocycles. The van der Waals surface area contributed by atoms with E-state index in [1.54, 1.807) is 18.1 Å². The number of carbonyl (C=O) groups excluding carboxylic acids is 1. The highest BCUT2D eigenvalue weighted by molar-refractivity contribution is 5.96. The van der Waals surface area contributed by atoms with Crippen LogP contribution < -0.4 is 15.2 Å². The minimum absolute atomic E-state index is 0.0107. The predicted octanol–water partition coefficient (Wildman–Crippen LogP) is 0.954. The fraction of sp³-hybridized carbons (Fsp3) is 0.562. The smallest absolute Gasteiger partial charge is 0.254 e. The minimum atomic E-state index is -0.116. The molecule has 1 saturated heterocycles. The van der Waals surface area contributed by atoms with Crippen LogP contribution in [0.4, 0.5) is 0 Å². The number of likely N-dealkylation sites (tertiary alicyclic amines) is 1. The number of amides is 1. The molecule has 6 heteroatoms. The molecule has 1 fully saturated rings. The van der Waals surface area contributed by atoms with Crippen LogP contribution in [0.25, 0.3) is 0 Å². The van der Waals surface area contributed by atoms with Gasteiger partial charge in [0.05, 0.1) is 6.10 Å². The molecule has 0 radical (unpaired) electrons. The van der Waals surface area contributed by atoms with Gasteiger partial charge >= 0.3 is 0 Å². The molecule has 6 nitrogen and oxygen atoms in total. The van der Waals surface area contributed by atoms with Crippen LogP contribution in [0.1, 0.15) is 22.3 Å². The Morgan fingerprint density at radius 3 is 2.68 bits per heavy atom. The van der Waals surface area contributed by atoms with Gasteiger partial charge in [0.15, 0.2) is 11.5 Å². The second kappa shape index (κ2) is 6.14. The van der Waals surface area contributed by atoms with Crippen molar-refractivity contribution in [3.63, 3.8) is 0 Å². The van der Waals surface area contributed by atoms with Gasteiger partial charge in [-0.3, -0.25) is 4.79 Å². The van der Waals surface area contributed by atoms with Gasteiger partial charge in [0, 0.05) is 31.8 Å². The van der Waals surface area contributed by atoms with Crippen LogP contribution in [-0.4, -0.2) is 56.4 Å². The molecule has 0 spiro atoms. The van der Waals surface area contributed by atoms with Crippen LogP contribution in [0.15, 0.2) is 12.1 Å². The van der Waals surface area contributed by atoms with E-state index in [1.165, 1.54) is 0 Å². The zero-order chi connectivity index (χ0) is 15.7. The van der Waals surface area contributed by atoms with Crippen LogP contribution in [-0.2, 0) is 4.74 Å². The number of carbonyl (C=O) groups is 1. The number of rotatable bonds is 2. The van der Waals surface area contributed by atoms with E-state index in [-0.39, 0.29) is 18.1 Å². The third kappa shape index (κ3) is 2.76. The summed E-state index contributed by atoms with van der Waals surface area (Å²) in [5, 5.41) is 0. The lowest BCUT2D eigenvalue weighted by Crippen LogP contribution is -2.53. The average Bonchev–Trinajstić information content (AvgIpc) is 2.54. The van der Waals surface area contributed by atoms with Gasteiger partial charge in [-0.15, -0.1) is 0 Å². The first-order valence-corrected chi connectivity index (χ1v) is 7.58. The lowest BCUT2D eigenvalue weighted by Gasteiger charge is -2.36. The molecule has 0 unspecified atom stereocenters. The molecule has 0 bridgehead atoms. The van der Waals surface area contributed by atoms with E-state index < -0.39 is 0 Å². The van der Waals surface area contributed by atoms with E-state index in [1.807, 2.05) is 13.0 Å². The molecule has 2 aliphatic rings. The summed E-state index contributed by atoms with van der Waals surface area (Å²) in [5.41, 5.74) is 7.55. The molecule has 2 atom stereocenters. The first kappa shape index (κ1) is 15.1. The molecule has 2 aliphatic heterocycles. The van der Waals surface area contributed by atoms with Gasteiger partial charge in [0.2, 0.25) is 0 Å². The lowest BCUT2D eigenvalue weighted by atomic mass is 10.00. The maximum absolute atomic E-state index is 12.8. The quantitative estimate of drug-likeness (QED) is 0.881. The SMILES string of the molecule is CO[C@H]1CN(C(=O)c2cc3c(cc2C)OCCO3)CC[C@H]1N. The van der Waals surface area contributed by atoms with Crippen molar-refractivity contribution in [3.8, 4) is 11.5 Å². The molecule has 1 amide bonds. The molecule has 2 heterocycles. The molecule has 0 aromatic heterocycles. The van der Waals surface area contributed by atoms with Gasteiger partial charge in [-0.25, -0.2) is 0 Å². The number of fused-ring (bicyclic) bond motifs is 1. The van der Waals surface area contributed by atoms with E-state index >= 15 is 0 Å². The van der Waals surface area contributed by atoms with E-state index in [2.05, 4.69) is 0 Å². The monoisotopic (exact) mass is 306 g/mol. The number of ether oxygens (including phenoxy) is 3. The summed E-state index contributed by atoms with van der Waals surface area (Å²) in [6.45, 7) is 4.13. The standard InChI is InChI=1S/C16H22N2O4/c1-10-7-13-14(22-6-5-21-13)8-11(10)16(19)18-4-3-12(17)15(9-18)20-2/h7-8,12,15H,3-6,9,17H2,1-2H3/t12-,15+/m1/s1. The van der Waals surface area contributed by atoms with E-state index in [4.69, 9.17) is 19.9 Å². The number of aryl methyl sites for hydroxylation is 1. The van der Waals surface area contributed by atoms with Gasteiger partial charge in [-0.1, -0.05) is 0 Å². The van der Waals surface area contributed by atoms with Crippen LogP contribution >= 0.6 is 0 Å². The van der Waals surface area contributed by atoms with Crippen molar-refractivity contribution in [2.24, 2.45) is 5.73 Å². The van der Waals surface area contributed by atoms with Crippen molar-refractivity contribution >= 4 is 5.91 Å². The topological polar surface area (TPSA) is 74.0 Å². The molecule has 1 aromatic carbocycles. The van der Waals surface area contributed by atoms with E-state index in [9.17, 15) is 4.79 Å². The molecule has 0 aliphatic carbocycles. The Kier molecular flexibility index (Phi) is 4.22. The summed E-state index contributed by atoms with van der Waals surface area (Å²) in [5.74, 6) is 1.33. The lowest BCUT2D eigenvalue weighted by molar-refractivity contribution is 0.0161. The van der Waals surface area contributed by atoms with Crippen molar-refractivity contribution < 1.29 is 19.0 Å². The maximum atomic E-state index is 12.8. The maximum Gasteiger partial charge on any atom is 0.254 e. The largest absolute Gasteiger partial charge is 0.486 e. The number of nitrogens with zero attached hydrogens (tertiary/aromatic N) is 1. The first-order valence-electron chi connectivity index (χ1n) is 7.58. The Balaban J connectivity index is 1.83. The molecule has 3 rings (SSSR count). The zero-order valence-electron chi connectivity index (χ0n) is 13.0. The molecule has 2 N–H and O–H groups in total. The number of nitrogens with two attached hydrogens (primary N) is 1. The highest BCUT2D eigenvalue weighted by atomic mass is 16.6. The number of benzene rings is 1. The molecular formula is C16H22N2O4. The highest BCUT2D eigenvalue weighted by Gasteiger charge is 2.30. The third-order valence-electron chi connectivity index (χ3n) is 4.32. The second-order valence-electron chi connectivity index (χ2n) is 5.79. The molecule has 1 aromatic rings. The van der Waals surface area contributed by atoms with Gasteiger partial charge in [0.1, 0.15) is 13.2 Å². The summed E-state index contributed by atoms with van der Waals surface area (Å²) in [6.07, 6.45) is 0.628. The normalized spacial score (nSPS) is 24.2. The fourth-order valence-corrected chi connectivity index (χ4v) is 2.96. The molecular weight excluding hydrogens is 284 g/mol. The molecule has 120 valence electrons. The Morgan fingerprint density at radius 2 is 2.00 bits per heavy atom. The zero-order valence-corrected chi connectivity index (χ0v) is 13.0. The number of piperidine rings is 1. The summed E-state index contributed by atoms with van der Waals surface area (Å²) in [6, 6.07) is 3.63. The van der Waals surface area contributed by atoms with E-state index in [0.29, 0.717) is 43.4 Å². The average molecular weight is 306 g/mol. The Morgan fingerprint density at radius 1 is 1.32 bits per heavy atom.